The summed E-state index contributed by atoms with van der Waals surface area (Å²) < 4.78 is 1.52. The quantitative estimate of drug-likeness (QED) is 0.773. The molecule has 1 heterocycles. The lowest BCUT2D eigenvalue weighted by Crippen LogP contribution is -2.02. The monoisotopic (exact) mass is 254 g/mol. The Hall–Kier alpha value is -2.23. The highest BCUT2D eigenvalue weighted by molar-refractivity contribution is 6.29. The van der Waals surface area contributed by atoms with Crippen LogP contribution in [-0.2, 0) is 6.42 Å². The van der Waals surface area contributed by atoms with Gasteiger partial charge in [0.25, 0.3) is 0 Å². The molecule has 1 aromatic heterocycles. The molecule has 0 saturated heterocycles. The topological polar surface area (TPSA) is 41.6 Å². The van der Waals surface area contributed by atoms with Crippen LogP contribution in [0.15, 0.2) is 18.2 Å². The Morgan fingerprint density at radius 2 is 2.33 bits per heavy atom. The third-order valence-corrected chi connectivity index (χ3v) is 2.73. The summed E-state index contributed by atoms with van der Waals surface area (Å²) in [5, 5.41) is 13.3. The molecule has 0 unspecified atom stereocenters. The Morgan fingerprint density at radius 3 is 2.94 bits per heavy atom. The van der Waals surface area contributed by atoms with Gasteiger partial charge in [-0.05, 0) is 36.2 Å². The van der Waals surface area contributed by atoms with Crippen molar-refractivity contribution in [1.82, 2.24) is 9.78 Å². The van der Waals surface area contributed by atoms with E-state index in [2.05, 4.69) is 17.1 Å². The molecular formula is C14H9ClN3. The lowest BCUT2D eigenvalue weighted by molar-refractivity contribution is 0.861. The molecule has 0 aliphatic heterocycles. The van der Waals surface area contributed by atoms with Crippen LogP contribution in [-0.4, -0.2) is 9.78 Å². The van der Waals surface area contributed by atoms with Gasteiger partial charge in [-0.3, -0.25) is 0 Å². The molecule has 0 amide bonds. The predicted molar refractivity (Wildman–Crippen MR) is 69.4 cm³/mol. The number of hydrogen-bond donors (Lipinski definition) is 0. The second-order valence-corrected chi connectivity index (χ2v) is 4.17. The van der Waals surface area contributed by atoms with Crippen molar-refractivity contribution in [3.8, 4) is 24.1 Å². The summed E-state index contributed by atoms with van der Waals surface area (Å²) in [6.45, 7) is 1.92. The minimum atomic E-state index is 0.275. The van der Waals surface area contributed by atoms with E-state index in [9.17, 15) is 0 Å². The molecule has 0 spiro atoms. The van der Waals surface area contributed by atoms with Gasteiger partial charge in [-0.1, -0.05) is 11.6 Å². The highest BCUT2D eigenvalue weighted by Crippen LogP contribution is 2.22. The number of nitriles is 1. The maximum atomic E-state index is 8.83. The first-order chi connectivity index (χ1) is 8.65. The Balaban J connectivity index is 2.62. The van der Waals surface area contributed by atoms with Crippen molar-refractivity contribution in [1.29, 1.82) is 5.26 Å². The molecule has 87 valence electrons. The van der Waals surface area contributed by atoms with Crippen LogP contribution < -0.4 is 0 Å². The van der Waals surface area contributed by atoms with Crippen LogP contribution in [0.1, 0.15) is 16.8 Å². The van der Waals surface area contributed by atoms with Gasteiger partial charge < -0.3 is 0 Å². The van der Waals surface area contributed by atoms with Gasteiger partial charge in [0, 0.05) is 12.5 Å². The summed E-state index contributed by atoms with van der Waals surface area (Å²) in [6, 6.07) is 10.3. The Kier molecular flexibility index (Phi) is 3.37. The number of rotatable bonds is 2. The van der Waals surface area contributed by atoms with E-state index in [-0.39, 0.29) is 5.69 Å². The number of nitrogens with zero attached hydrogens (tertiary/aromatic N) is 3. The first-order valence-electron chi connectivity index (χ1n) is 5.26. The van der Waals surface area contributed by atoms with Gasteiger partial charge in [-0.2, -0.15) is 10.4 Å². The van der Waals surface area contributed by atoms with Crippen LogP contribution in [0.2, 0.25) is 5.15 Å². The fourth-order valence-corrected chi connectivity index (χ4v) is 1.88. The molecule has 0 atom stereocenters. The van der Waals surface area contributed by atoms with Crippen LogP contribution >= 0.6 is 11.6 Å². The largest absolute Gasteiger partial charge is 0.221 e. The third-order valence-electron chi connectivity index (χ3n) is 2.46. The minimum absolute atomic E-state index is 0.275. The molecule has 1 aromatic carbocycles. The van der Waals surface area contributed by atoms with E-state index >= 15 is 0 Å². The van der Waals surface area contributed by atoms with Crippen molar-refractivity contribution in [2.24, 2.45) is 0 Å². The second-order valence-electron chi connectivity index (χ2n) is 3.78. The first kappa shape index (κ1) is 12.2. The van der Waals surface area contributed by atoms with Crippen molar-refractivity contribution >= 4 is 11.6 Å². The summed E-state index contributed by atoms with van der Waals surface area (Å²) >= 11 is 6.07. The molecule has 18 heavy (non-hydrogen) atoms. The van der Waals surface area contributed by atoms with E-state index in [0.717, 1.165) is 16.8 Å². The van der Waals surface area contributed by atoms with Gasteiger partial charge in [0.05, 0.1) is 5.69 Å². The fraction of sp³-hybridized carbons (Fsp3) is 0.143. The highest BCUT2D eigenvalue weighted by Gasteiger charge is 2.11. The van der Waals surface area contributed by atoms with Crippen molar-refractivity contribution in [2.75, 3.05) is 0 Å². The molecule has 0 N–H and O–H groups in total. The molecule has 0 fully saturated rings. The van der Waals surface area contributed by atoms with Crippen LogP contribution in [0.3, 0.4) is 0 Å². The standard InChI is InChI=1S/C14H9ClN3/c1-3-4-11-6-5-10(2)7-13(11)18-14(15)8-12(9-16)17-18/h1,6-8H,4H2,2H3. The molecule has 0 bridgehead atoms. The fourth-order valence-electron chi connectivity index (χ4n) is 1.64. The van der Waals surface area contributed by atoms with Crippen LogP contribution in [0.25, 0.3) is 5.69 Å². The Morgan fingerprint density at radius 1 is 1.56 bits per heavy atom. The summed E-state index contributed by atoms with van der Waals surface area (Å²) in [5.41, 5.74) is 2.92. The summed E-state index contributed by atoms with van der Waals surface area (Å²) in [7, 11) is 0. The number of aryl methyl sites for hydroxylation is 1. The zero-order valence-corrected chi connectivity index (χ0v) is 10.5. The number of benzene rings is 1. The van der Waals surface area contributed by atoms with Gasteiger partial charge >= 0.3 is 0 Å². The lowest BCUT2D eigenvalue weighted by atomic mass is 10.1. The number of aromatic nitrogens is 2. The second kappa shape index (κ2) is 4.96. The lowest BCUT2D eigenvalue weighted by Gasteiger charge is -2.09. The van der Waals surface area contributed by atoms with Crippen molar-refractivity contribution in [3.63, 3.8) is 0 Å². The predicted octanol–water partition coefficient (Wildman–Crippen LogP) is 2.68. The maximum Gasteiger partial charge on any atom is 0.164 e. The molecule has 1 radical (unpaired) electrons. The molecule has 2 rings (SSSR count). The van der Waals surface area contributed by atoms with Crippen LogP contribution in [0.4, 0.5) is 0 Å². The summed E-state index contributed by atoms with van der Waals surface area (Å²) in [5.74, 6) is 2.58. The zero-order chi connectivity index (χ0) is 13.1. The number of hydrogen-bond acceptors (Lipinski definition) is 2. The maximum absolute atomic E-state index is 8.83. The van der Waals surface area contributed by atoms with Gasteiger partial charge in [-0.15, -0.1) is 12.3 Å². The SMILES string of the molecule is C#CCc1c[c]c(C)cc1-n1nc(C#N)cc1Cl. The smallest absolute Gasteiger partial charge is 0.164 e. The molecule has 0 aliphatic carbocycles. The molecule has 4 heteroatoms. The van der Waals surface area contributed by atoms with Gasteiger partial charge in [0.15, 0.2) is 5.69 Å². The zero-order valence-electron chi connectivity index (χ0n) is 9.74. The average molecular weight is 255 g/mol. The van der Waals surface area contributed by atoms with Crippen LogP contribution in [0.5, 0.6) is 0 Å². The van der Waals surface area contributed by atoms with E-state index in [0.29, 0.717) is 11.6 Å². The first-order valence-corrected chi connectivity index (χ1v) is 5.64. The normalized spacial score (nSPS) is 9.78. The average Bonchev–Trinajstić information content (AvgIpc) is 2.73. The van der Waals surface area contributed by atoms with E-state index in [4.69, 9.17) is 23.3 Å². The molecule has 0 aliphatic rings. The van der Waals surface area contributed by atoms with E-state index < -0.39 is 0 Å². The molecular weight excluding hydrogens is 246 g/mol. The van der Waals surface area contributed by atoms with Crippen molar-refractivity contribution in [3.05, 3.63) is 46.2 Å². The number of halogens is 1. The number of terminal acetylenes is 1. The summed E-state index contributed by atoms with van der Waals surface area (Å²) in [4.78, 5) is 0. The Labute approximate surface area is 111 Å². The van der Waals surface area contributed by atoms with E-state index in [1.54, 1.807) is 0 Å². The molecule has 0 saturated carbocycles. The third kappa shape index (κ3) is 2.22. The Bertz CT molecular complexity index is 671. The van der Waals surface area contributed by atoms with Gasteiger partial charge in [0.1, 0.15) is 11.2 Å². The highest BCUT2D eigenvalue weighted by atomic mass is 35.5. The molecule has 2 aromatic rings. The van der Waals surface area contributed by atoms with E-state index in [1.807, 2.05) is 25.1 Å². The molecule has 3 nitrogen and oxygen atoms in total. The van der Waals surface area contributed by atoms with E-state index in [1.165, 1.54) is 10.7 Å². The van der Waals surface area contributed by atoms with Crippen LogP contribution in [0, 0.1) is 36.7 Å². The van der Waals surface area contributed by atoms with Crippen molar-refractivity contribution < 1.29 is 0 Å². The van der Waals surface area contributed by atoms with Gasteiger partial charge in [-0.25, -0.2) is 4.68 Å². The minimum Gasteiger partial charge on any atom is -0.221 e. The van der Waals surface area contributed by atoms with Crippen molar-refractivity contribution in [2.45, 2.75) is 13.3 Å². The van der Waals surface area contributed by atoms with Gasteiger partial charge in [0.2, 0.25) is 0 Å². The summed E-state index contributed by atoms with van der Waals surface area (Å²) in [6.07, 6.45) is 5.80.